The van der Waals surface area contributed by atoms with E-state index in [-0.39, 0.29) is 12.3 Å². The number of ether oxygens (including phenoxy) is 2. The molecular weight excluding hydrogens is 302 g/mol. The lowest BCUT2D eigenvalue weighted by Crippen LogP contribution is -2.58. The number of nitrogens with one attached hydrogen (secondary N) is 2. The lowest BCUT2D eigenvalue weighted by Gasteiger charge is -2.34. The first-order valence-corrected chi connectivity index (χ1v) is 7.12. The van der Waals surface area contributed by atoms with E-state index in [0.29, 0.717) is 24.5 Å². The Kier molecular flexibility index (Phi) is 5.40. The molecule has 1 aliphatic rings. The van der Waals surface area contributed by atoms with Crippen molar-refractivity contribution in [2.45, 2.75) is 12.5 Å². The summed E-state index contributed by atoms with van der Waals surface area (Å²) >= 11 is 0. The number of anilines is 1. The van der Waals surface area contributed by atoms with Crippen LogP contribution in [0.5, 0.6) is 5.75 Å². The lowest BCUT2D eigenvalue weighted by molar-refractivity contribution is -0.145. The zero-order valence-corrected chi connectivity index (χ0v) is 13.0. The van der Waals surface area contributed by atoms with Crippen LogP contribution in [0.25, 0.3) is 0 Å². The molecule has 8 heteroatoms. The van der Waals surface area contributed by atoms with Crippen LogP contribution < -0.4 is 15.4 Å². The quantitative estimate of drug-likeness (QED) is 0.791. The first kappa shape index (κ1) is 16.6. The Labute approximate surface area is 133 Å². The summed E-state index contributed by atoms with van der Waals surface area (Å²) in [5.74, 6) is -0.425. The largest absolute Gasteiger partial charge is 0.495 e. The second kappa shape index (κ2) is 7.48. The van der Waals surface area contributed by atoms with Crippen LogP contribution in [-0.2, 0) is 14.3 Å². The Morgan fingerprint density at radius 2 is 2.09 bits per heavy atom. The highest BCUT2D eigenvalue weighted by Gasteiger charge is 2.35. The highest BCUT2D eigenvalue weighted by atomic mass is 16.5. The molecule has 0 aromatic heterocycles. The van der Waals surface area contributed by atoms with Crippen molar-refractivity contribution in [1.82, 2.24) is 10.2 Å². The fraction of sp³-hybridized carbons (Fsp3) is 0.400. The van der Waals surface area contributed by atoms with Crippen LogP contribution in [0.1, 0.15) is 6.42 Å². The van der Waals surface area contributed by atoms with Gasteiger partial charge in [-0.3, -0.25) is 9.59 Å². The van der Waals surface area contributed by atoms with Gasteiger partial charge < -0.3 is 25.0 Å². The van der Waals surface area contributed by atoms with Crippen molar-refractivity contribution in [1.29, 1.82) is 0 Å². The third-order valence-electron chi connectivity index (χ3n) is 3.53. The van der Waals surface area contributed by atoms with E-state index in [1.165, 1.54) is 19.1 Å². The summed E-state index contributed by atoms with van der Waals surface area (Å²) in [5.41, 5.74) is 0.489. The van der Waals surface area contributed by atoms with Gasteiger partial charge in [0, 0.05) is 13.1 Å². The number of urea groups is 1. The van der Waals surface area contributed by atoms with Gasteiger partial charge in [0.2, 0.25) is 5.91 Å². The standard InChI is InChI=1S/C15H19N3O5/c1-22-12-6-4-3-5-10(12)17-15(21)18-8-7-16-14(20)11(18)9-13(19)23-2/h3-6,11H,7-9H2,1-2H3,(H,16,20)(H,17,21)/t11-/m0/s1. The van der Waals surface area contributed by atoms with Crippen molar-refractivity contribution in [3.8, 4) is 5.75 Å². The van der Waals surface area contributed by atoms with Gasteiger partial charge in [0.1, 0.15) is 11.8 Å². The molecule has 0 spiro atoms. The summed E-state index contributed by atoms with van der Waals surface area (Å²) < 4.78 is 9.76. The van der Waals surface area contributed by atoms with Crippen LogP contribution in [0, 0.1) is 0 Å². The maximum absolute atomic E-state index is 12.5. The Morgan fingerprint density at radius 1 is 1.35 bits per heavy atom. The minimum absolute atomic E-state index is 0.193. The Morgan fingerprint density at radius 3 is 2.78 bits per heavy atom. The second-order valence-electron chi connectivity index (χ2n) is 4.91. The van der Waals surface area contributed by atoms with Crippen molar-refractivity contribution in [2.75, 3.05) is 32.6 Å². The van der Waals surface area contributed by atoms with Gasteiger partial charge in [-0.05, 0) is 12.1 Å². The van der Waals surface area contributed by atoms with E-state index in [4.69, 9.17) is 4.74 Å². The lowest BCUT2D eigenvalue weighted by atomic mass is 10.1. The monoisotopic (exact) mass is 321 g/mol. The molecular formula is C15H19N3O5. The predicted molar refractivity (Wildman–Crippen MR) is 82.1 cm³/mol. The van der Waals surface area contributed by atoms with Crippen LogP contribution in [0.3, 0.4) is 0 Å². The van der Waals surface area contributed by atoms with Crippen molar-refractivity contribution in [3.63, 3.8) is 0 Å². The van der Waals surface area contributed by atoms with Gasteiger partial charge >= 0.3 is 12.0 Å². The average Bonchev–Trinajstić information content (AvgIpc) is 2.56. The number of benzene rings is 1. The average molecular weight is 321 g/mol. The molecule has 8 nitrogen and oxygen atoms in total. The maximum atomic E-state index is 12.5. The van der Waals surface area contributed by atoms with Crippen molar-refractivity contribution in [3.05, 3.63) is 24.3 Å². The molecule has 1 heterocycles. The highest BCUT2D eigenvalue weighted by molar-refractivity contribution is 5.96. The summed E-state index contributed by atoms with van der Waals surface area (Å²) in [6.45, 7) is 0.629. The van der Waals surface area contributed by atoms with Gasteiger partial charge in [0.05, 0.1) is 26.3 Å². The summed E-state index contributed by atoms with van der Waals surface area (Å²) in [6.07, 6.45) is -0.193. The molecule has 0 bridgehead atoms. The van der Waals surface area contributed by atoms with Gasteiger partial charge in [-0.2, -0.15) is 0 Å². The Bertz CT molecular complexity index is 605. The summed E-state index contributed by atoms with van der Waals surface area (Å²) in [5, 5.41) is 5.34. The minimum Gasteiger partial charge on any atom is -0.495 e. The van der Waals surface area contributed by atoms with Crippen LogP contribution >= 0.6 is 0 Å². The number of methoxy groups -OCH3 is 2. The van der Waals surface area contributed by atoms with E-state index in [1.807, 2.05) is 0 Å². The number of piperazine rings is 1. The fourth-order valence-electron chi connectivity index (χ4n) is 2.34. The molecule has 1 aromatic rings. The Balaban J connectivity index is 2.14. The third kappa shape index (κ3) is 3.91. The normalized spacial score (nSPS) is 17.2. The van der Waals surface area contributed by atoms with Crippen LogP contribution in [0.4, 0.5) is 10.5 Å². The SMILES string of the molecule is COC(=O)C[C@H]1C(=O)NCCN1C(=O)Nc1ccccc1OC. The van der Waals surface area contributed by atoms with Crippen molar-refractivity contribution >= 4 is 23.6 Å². The molecule has 0 radical (unpaired) electrons. The number of rotatable bonds is 4. The third-order valence-corrected chi connectivity index (χ3v) is 3.53. The first-order valence-electron chi connectivity index (χ1n) is 7.12. The smallest absolute Gasteiger partial charge is 0.322 e. The van der Waals surface area contributed by atoms with Crippen LogP contribution in [0.2, 0.25) is 0 Å². The van der Waals surface area contributed by atoms with Crippen molar-refractivity contribution < 1.29 is 23.9 Å². The minimum atomic E-state index is -0.897. The zero-order chi connectivity index (χ0) is 16.8. The van der Waals surface area contributed by atoms with Gasteiger partial charge in [-0.15, -0.1) is 0 Å². The molecule has 0 aliphatic carbocycles. The summed E-state index contributed by atoms with van der Waals surface area (Å²) in [6, 6.07) is 5.57. The number of carbonyl (C=O) groups is 3. The molecule has 1 aliphatic heterocycles. The first-order chi connectivity index (χ1) is 11.1. The van der Waals surface area contributed by atoms with Gasteiger partial charge in [-0.1, -0.05) is 12.1 Å². The number of amides is 3. The number of hydrogen-bond donors (Lipinski definition) is 2. The van der Waals surface area contributed by atoms with E-state index in [1.54, 1.807) is 24.3 Å². The molecule has 23 heavy (non-hydrogen) atoms. The van der Waals surface area contributed by atoms with Crippen LogP contribution in [-0.4, -0.2) is 56.2 Å². The summed E-state index contributed by atoms with van der Waals surface area (Å²) in [7, 11) is 2.74. The highest BCUT2D eigenvalue weighted by Crippen LogP contribution is 2.24. The van der Waals surface area contributed by atoms with E-state index in [2.05, 4.69) is 15.4 Å². The van der Waals surface area contributed by atoms with E-state index >= 15 is 0 Å². The molecule has 2 N–H and O–H groups in total. The number of nitrogens with zero attached hydrogens (tertiary/aromatic N) is 1. The molecule has 3 amide bonds. The number of hydrogen-bond acceptors (Lipinski definition) is 5. The second-order valence-corrected chi connectivity index (χ2v) is 4.91. The van der Waals surface area contributed by atoms with E-state index in [9.17, 15) is 14.4 Å². The van der Waals surface area contributed by atoms with Gasteiger partial charge in [0.15, 0.2) is 0 Å². The molecule has 0 unspecified atom stereocenters. The Hall–Kier alpha value is -2.77. The predicted octanol–water partition coefficient (Wildman–Crippen LogP) is 0.591. The maximum Gasteiger partial charge on any atom is 0.322 e. The molecule has 2 rings (SSSR count). The van der Waals surface area contributed by atoms with E-state index in [0.717, 1.165) is 0 Å². The van der Waals surface area contributed by atoms with Crippen molar-refractivity contribution in [2.24, 2.45) is 0 Å². The molecule has 1 fully saturated rings. The number of para-hydroxylation sites is 2. The topological polar surface area (TPSA) is 97.0 Å². The van der Waals surface area contributed by atoms with Crippen LogP contribution in [0.15, 0.2) is 24.3 Å². The molecule has 124 valence electrons. The zero-order valence-electron chi connectivity index (χ0n) is 13.0. The molecule has 1 saturated heterocycles. The number of carbonyl (C=O) groups excluding carboxylic acids is 3. The molecule has 0 saturated carbocycles. The van der Waals surface area contributed by atoms with E-state index < -0.39 is 18.0 Å². The fourth-order valence-corrected chi connectivity index (χ4v) is 2.34. The molecule has 1 atom stereocenters. The van der Waals surface area contributed by atoms with Gasteiger partial charge in [-0.25, -0.2) is 4.79 Å². The molecule has 1 aromatic carbocycles. The number of esters is 1. The van der Waals surface area contributed by atoms with Gasteiger partial charge in [0.25, 0.3) is 0 Å². The summed E-state index contributed by atoms with van der Waals surface area (Å²) in [4.78, 5) is 37.3.